The van der Waals surface area contributed by atoms with Gasteiger partial charge in [0.2, 0.25) is 11.8 Å². The molecule has 3 aromatic rings. The summed E-state index contributed by atoms with van der Waals surface area (Å²) in [5, 5.41) is 2.97. The molecule has 5 nitrogen and oxygen atoms in total. The number of carbonyl (C=O) groups is 2. The number of aromatic nitrogens is 1. The minimum Gasteiger partial charge on any atom is -0.325 e. The number of nitrogens with one attached hydrogen (secondary N) is 1. The number of hydrogen-bond acceptors (Lipinski definition) is 3. The maximum absolute atomic E-state index is 12.9. The quantitative estimate of drug-likeness (QED) is 0.581. The van der Waals surface area contributed by atoms with Crippen molar-refractivity contribution in [1.82, 2.24) is 4.98 Å². The molecule has 1 atom stereocenters. The molecule has 4 rings (SSSR count). The van der Waals surface area contributed by atoms with Crippen LogP contribution in [0.4, 0.5) is 11.4 Å². The Morgan fingerprint density at radius 2 is 1.86 bits per heavy atom. The van der Waals surface area contributed by atoms with Gasteiger partial charge in [0.1, 0.15) is 5.92 Å². The van der Waals surface area contributed by atoms with E-state index in [1.165, 1.54) is 0 Å². The lowest BCUT2D eigenvalue weighted by Crippen LogP contribution is -2.33. The first kappa shape index (κ1) is 19.3. The number of nitrogens with zero attached hydrogens (tertiary/aromatic N) is 2. The molecule has 0 radical (unpaired) electrons. The zero-order valence-electron chi connectivity index (χ0n) is 15.9. The van der Waals surface area contributed by atoms with E-state index in [4.69, 9.17) is 0 Å². The normalized spacial score (nSPS) is 16.1. The molecule has 6 heteroatoms. The lowest BCUT2D eigenvalue weighted by molar-refractivity contribution is -0.129. The highest BCUT2D eigenvalue weighted by Crippen LogP contribution is 2.32. The van der Waals surface area contributed by atoms with Gasteiger partial charge in [0.15, 0.2) is 0 Å². The van der Waals surface area contributed by atoms with Crippen LogP contribution in [0.2, 0.25) is 0 Å². The number of carbonyl (C=O) groups excluding carboxylic acids is 2. The fourth-order valence-corrected chi connectivity index (χ4v) is 4.03. The van der Waals surface area contributed by atoms with Gasteiger partial charge < -0.3 is 10.2 Å². The number of anilines is 2. The van der Waals surface area contributed by atoms with E-state index >= 15 is 0 Å². The van der Waals surface area contributed by atoms with Gasteiger partial charge in [-0.25, -0.2) is 0 Å². The van der Waals surface area contributed by atoms with E-state index in [-0.39, 0.29) is 11.8 Å². The highest BCUT2D eigenvalue weighted by molar-refractivity contribution is 9.10. The largest absolute Gasteiger partial charge is 0.325 e. The second-order valence-corrected chi connectivity index (χ2v) is 7.89. The number of para-hydroxylation sites is 1. The average Bonchev–Trinajstić information content (AvgIpc) is 3.12. The lowest BCUT2D eigenvalue weighted by atomic mass is 10.0. The highest BCUT2D eigenvalue weighted by atomic mass is 79.9. The van der Waals surface area contributed by atoms with Crippen molar-refractivity contribution in [3.05, 3.63) is 77.0 Å². The third kappa shape index (κ3) is 3.93. The molecule has 1 aliphatic heterocycles. The number of amides is 2. The van der Waals surface area contributed by atoms with Gasteiger partial charge in [-0.2, -0.15) is 0 Å². The van der Waals surface area contributed by atoms with Crippen molar-refractivity contribution in [2.24, 2.45) is 5.92 Å². The van der Waals surface area contributed by atoms with Gasteiger partial charge in [-0.3, -0.25) is 14.6 Å². The van der Waals surface area contributed by atoms with Gasteiger partial charge in [0, 0.05) is 29.1 Å². The summed E-state index contributed by atoms with van der Waals surface area (Å²) >= 11 is 3.49. The number of pyridine rings is 1. The molecule has 0 aliphatic carbocycles. The van der Waals surface area contributed by atoms with Crippen molar-refractivity contribution < 1.29 is 9.59 Å². The molecule has 0 saturated carbocycles. The van der Waals surface area contributed by atoms with Crippen LogP contribution in [-0.4, -0.2) is 23.3 Å². The van der Waals surface area contributed by atoms with Crippen molar-refractivity contribution in [3.63, 3.8) is 0 Å². The van der Waals surface area contributed by atoms with Crippen molar-refractivity contribution >= 4 is 39.1 Å². The fraction of sp³-hybridized carbons (Fsp3) is 0.174. The molecule has 2 heterocycles. The van der Waals surface area contributed by atoms with Gasteiger partial charge in [-0.05, 0) is 76.3 Å². The number of halogens is 1. The first-order valence-electron chi connectivity index (χ1n) is 9.42. The highest BCUT2D eigenvalue weighted by Gasteiger charge is 2.38. The molecule has 0 bridgehead atoms. The molecule has 146 valence electrons. The molecule has 2 aromatic carbocycles. The van der Waals surface area contributed by atoms with Gasteiger partial charge in [0.25, 0.3) is 0 Å². The minimum atomic E-state index is -0.689. The summed E-state index contributed by atoms with van der Waals surface area (Å²) in [4.78, 5) is 31.5. The van der Waals surface area contributed by atoms with Crippen LogP contribution in [-0.2, 0) is 9.59 Å². The van der Waals surface area contributed by atoms with E-state index in [2.05, 4.69) is 26.2 Å². The molecule has 0 spiro atoms. The molecule has 1 aliphatic rings. The van der Waals surface area contributed by atoms with E-state index in [1.54, 1.807) is 17.3 Å². The second-order valence-electron chi connectivity index (χ2n) is 7.04. The average molecular weight is 450 g/mol. The predicted molar refractivity (Wildman–Crippen MR) is 118 cm³/mol. The first-order chi connectivity index (χ1) is 14.0. The molecule has 1 N–H and O–H groups in total. The van der Waals surface area contributed by atoms with E-state index in [0.29, 0.717) is 13.0 Å². The van der Waals surface area contributed by atoms with Crippen LogP contribution >= 0.6 is 15.9 Å². The van der Waals surface area contributed by atoms with Crippen LogP contribution in [0.15, 0.2) is 71.5 Å². The Balaban J connectivity index is 1.53. The smallest absolute Gasteiger partial charge is 0.239 e. The monoisotopic (exact) mass is 449 g/mol. The summed E-state index contributed by atoms with van der Waals surface area (Å²) in [6.07, 6.45) is 3.97. The maximum atomic E-state index is 12.9. The minimum absolute atomic E-state index is 0.169. The SMILES string of the molecule is Cc1ccc(-c2ccncc2)cc1NC(=O)C1CCN(c2ccccc2Br)C1=O. The van der Waals surface area contributed by atoms with Crippen molar-refractivity contribution in [1.29, 1.82) is 0 Å². The molecule has 1 unspecified atom stereocenters. The molecule has 1 fully saturated rings. The Bertz CT molecular complexity index is 1070. The van der Waals surface area contributed by atoms with Crippen molar-refractivity contribution in [2.75, 3.05) is 16.8 Å². The van der Waals surface area contributed by atoms with E-state index < -0.39 is 5.92 Å². The second kappa shape index (κ2) is 8.17. The van der Waals surface area contributed by atoms with Crippen LogP contribution in [0, 0.1) is 12.8 Å². The van der Waals surface area contributed by atoms with Crippen LogP contribution in [0.3, 0.4) is 0 Å². The topological polar surface area (TPSA) is 62.3 Å². The third-order valence-electron chi connectivity index (χ3n) is 5.17. The van der Waals surface area contributed by atoms with Crippen LogP contribution in [0.1, 0.15) is 12.0 Å². The summed E-state index contributed by atoms with van der Waals surface area (Å²) in [6, 6.07) is 17.3. The summed E-state index contributed by atoms with van der Waals surface area (Å²) < 4.78 is 0.843. The standard InChI is InChI=1S/C23H20BrN3O2/c1-15-6-7-17(16-8-11-25-12-9-16)14-20(15)26-22(28)18-10-13-27(23(18)29)21-5-3-2-4-19(21)24/h2-9,11-12,14,18H,10,13H2,1H3,(H,26,28). The van der Waals surface area contributed by atoms with Crippen LogP contribution in [0.5, 0.6) is 0 Å². The van der Waals surface area contributed by atoms with E-state index in [1.807, 2.05) is 61.5 Å². The van der Waals surface area contributed by atoms with Crippen molar-refractivity contribution in [2.45, 2.75) is 13.3 Å². The van der Waals surface area contributed by atoms with E-state index in [9.17, 15) is 9.59 Å². The number of benzene rings is 2. The molecule has 1 saturated heterocycles. The fourth-order valence-electron chi connectivity index (χ4n) is 3.53. The number of rotatable bonds is 4. The molecule has 29 heavy (non-hydrogen) atoms. The molecular weight excluding hydrogens is 430 g/mol. The lowest BCUT2D eigenvalue weighted by Gasteiger charge is -2.18. The Labute approximate surface area is 177 Å². The Hall–Kier alpha value is -2.99. The van der Waals surface area contributed by atoms with Gasteiger partial charge in [0.05, 0.1) is 5.69 Å². The zero-order chi connectivity index (χ0) is 20.4. The Kier molecular flexibility index (Phi) is 5.45. The number of aryl methyl sites for hydroxylation is 1. The van der Waals surface area contributed by atoms with Gasteiger partial charge in [-0.15, -0.1) is 0 Å². The van der Waals surface area contributed by atoms with Gasteiger partial charge >= 0.3 is 0 Å². The number of hydrogen-bond donors (Lipinski definition) is 1. The Morgan fingerprint density at radius 1 is 1.10 bits per heavy atom. The zero-order valence-corrected chi connectivity index (χ0v) is 17.5. The van der Waals surface area contributed by atoms with Crippen LogP contribution < -0.4 is 10.2 Å². The third-order valence-corrected chi connectivity index (χ3v) is 5.84. The van der Waals surface area contributed by atoms with E-state index in [0.717, 1.165) is 32.5 Å². The summed E-state index contributed by atoms with van der Waals surface area (Å²) in [6.45, 7) is 2.46. The first-order valence-corrected chi connectivity index (χ1v) is 10.2. The summed E-state index contributed by atoms with van der Waals surface area (Å²) in [5.41, 5.74) is 4.47. The molecular formula is C23H20BrN3O2. The summed E-state index contributed by atoms with van der Waals surface area (Å²) in [7, 11) is 0. The van der Waals surface area contributed by atoms with Crippen LogP contribution in [0.25, 0.3) is 11.1 Å². The molecule has 1 aromatic heterocycles. The van der Waals surface area contributed by atoms with Crippen molar-refractivity contribution in [3.8, 4) is 11.1 Å². The molecule has 2 amide bonds. The van der Waals surface area contributed by atoms with Gasteiger partial charge in [-0.1, -0.05) is 24.3 Å². The Morgan fingerprint density at radius 3 is 2.62 bits per heavy atom. The predicted octanol–water partition coefficient (Wildman–Crippen LogP) is 4.81. The summed E-state index contributed by atoms with van der Waals surface area (Å²) in [5.74, 6) is -1.12. The maximum Gasteiger partial charge on any atom is 0.239 e.